The van der Waals surface area contributed by atoms with Crippen molar-refractivity contribution in [2.24, 2.45) is 11.3 Å². The van der Waals surface area contributed by atoms with Crippen molar-refractivity contribution in [3.05, 3.63) is 35.4 Å². The third-order valence-electron chi connectivity index (χ3n) is 4.30. The summed E-state index contributed by atoms with van der Waals surface area (Å²) in [5.41, 5.74) is 0.967. The maximum Gasteiger partial charge on any atom is 0.335 e. The lowest BCUT2D eigenvalue weighted by Gasteiger charge is -2.36. The van der Waals surface area contributed by atoms with Crippen LogP contribution in [-0.2, 0) is 11.2 Å². The van der Waals surface area contributed by atoms with Crippen molar-refractivity contribution in [3.8, 4) is 0 Å². The number of aromatic carboxylic acids is 1. The number of carbonyl (C=O) groups is 2. The Kier molecular flexibility index (Phi) is 4.89. The molecular weight excluding hydrogens is 278 g/mol. The molecule has 120 valence electrons. The highest BCUT2D eigenvalue weighted by Crippen LogP contribution is 2.26. The Bertz CT molecular complexity index is 552. The van der Waals surface area contributed by atoms with Crippen molar-refractivity contribution < 1.29 is 14.7 Å². The summed E-state index contributed by atoms with van der Waals surface area (Å²) >= 11 is 0. The zero-order chi connectivity index (χ0) is 16.3. The summed E-state index contributed by atoms with van der Waals surface area (Å²) in [6.07, 6.45) is 2.66. The predicted molar refractivity (Wildman–Crippen MR) is 85.9 cm³/mol. The highest BCUT2D eigenvalue weighted by Gasteiger charge is 2.30. The fourth-order valence-electron chi connectivity index (χ4n) is 3.03. The molecule has 1 N–H and O–H groups in total. The summed E-state index contributed by atoms with van der Waals surface area (Å²) in [4.78, 5) is 25.5. The summed E-state index contributed by atoms with van der Waals surface area (Å²) < 4.78 is 0. The molecule has 4 nitrogen and oxygen atoms in total. The van der Waals surface area contributed by atoms with Crippen molar-refractivity contribution in [1.82, 2.24) is 4.90 Å². The van der Waals surface area contributed by atoms with E-state index in [1.807, 2.05) is 37.8 Å². The average molecular weight is 303 g/mol. The largest absolute Gasteiger partial charge is 0.478 e. The zero-order valence-electron chi connectivity index (χ0n) is 13.6. The van der Waals surface area contributed by atoms with Crippen LogP contribution in [0.5, 0.6) is 0 Å². The van der Waals surface area contributed by atoms with E-state index < -0.39 is 5.97 Å². The van der Waals surface area contributed by atoms with Crippen LogP contribution in [0.1, 0.15) is 49.5 Å². The summed E-state index contributed by atoms with van der Waals surface area (Å²) in [7, 11) is 0. The molecule has 1 aromatic rings. The molecule has 0 bridgehead atoms. The SMILES string of the molecule is CC(C)(C)C(=O)N1CCC(Cc2ccccc2C(=O)O)CC1. The number of carboxylic acids is 1. The molecule has 1 amide bonds. The van der Waals surface area contributed by atoms with Gasteiger partial charge in [-0.3, -0.25) is 4.79 Å². The second kappa shape index (κ2) is 6.51. The second-order valence-corrected chi connectivity index (χ2v) is 7.15. The first-order chi connectivity index (χ1) is 10.3. The summed E-state index contributed by atoms with van der Waals surface area (Å²) in [6.45, 7) is 7.39. The van der Waals surface area contributed by atoms with Crippen LogP contribution in [0.25, 0.3) is 0 Å². The molecule has 2 rings (SSSR count). The van der Waals surface area contributed by atoms with E-state index >= 15 is 0 Å². The van der Waals surface area contributed by atoms with Gasteiger partial charge in [0.1, 0.15) is 0 Å². The Balaban J connectivity index is 1.96. The van der Waals surface area contributed by atoms with Gasteiger partial charge in [0.05, 0.1) is 5.56 Å². The van der Waals surface area contributed by atoms with Gasteiger partial charge in [0.15, 0.2) is 0 Å². The Hall–Kier alpha value is -1.84. The first-order valence-corrected chi connectivity index (χ1v) is 7.89. The molecule has 1 fully saturated rings. The fraction of sp³-hybridized carbons (Fsp3) is 0.556. The molecule has 0 spiro atoms. The highest BCUT2D eigenvalue weighted by atomic mass is 16.4. The topological polar surface area (TPSA) is 57.6 Å². The number of likely N-dealkylation sites (tertiary alicyclic amines) is 1. The third kappa shape index (κ3) is 3.87. The van der Waals surface area contributed by atoms with E-state index in [4.69, 9.17) is 0 Å². The molecule has 4 heteroatoms. The number of carboxylic acid groups (broad SMARTS) is 1. The Morgan fingerprint density at radius 1 is 1.18 bits per heavy atom. The third-order valence-corrected chi connectivity index (χ3v) is 4.30. The predicted octanol–water partition coefficient (Wildman–Crippen LogP) is 3.21. The number of hydrogen-bond donors (Lipinski definition) is 1. The van der Waals surface area contributed by atoms with E-state index in [1.165, 1.54) is 0 Å². The standard InChI is InChI=1S/C18H25NO3/c1-18(2,3)17(22)19-10-8-13(9-11-19)12-14-6-4-5-7-15(14)16(20)21/h4-7,13H,8-12H2,1-3H3,(H,20,21). The molecule has 1 saturated heterocycles. The molecule has 0 aromatic heterocycles. The zero-order valence-corrected chi connectivity index (χ0v) is 13.6. The van der Waals surface area contributed by atoms with Crippen LogP contribution >= 0.6 is 0 Å². The van der Waals surface area contributed by atoms with Crippen LogP contribution in [0.2, 0.25) is 0 Å². The molecule has 1 aliphatic rings. The number of hydrogen-bond acceptors (Lipinski definition) is 2. The Labute approximate surface area is 132 Å². The lowest BCUT2D eigenvalue weighted by molar-refractivity contribution is -0.140. The van der Waals surface area contributed by atoms with E-state index in [1.54, 1.807) is 12.1 Å². The quantitative estimate of drug-likeness (QED) is 0.933. The van der Waals surface area contributed by atoms with E-state index in [2.05, 4.69) is 0 Å². The first-order valence-electron chi connectivity index (χ1n) is 7.89. The first kappa shape index (κ1) is 16.5. The molecule has 0 atom stereocenters. The smallest absolute Gasteiger partial charge is 0.335 e. The van der Waals surface area contributed by atoms with Crippen molar-refractivity contribution in [3.63, 3.8) is 0 Å². The van der Waals surface area contributed by atoms with Crippen molar-refractivity contribution >= 4 is 11.9 Å². The number of nitrogens with zero attached hydrogens (tertiary/aromatic N) is 1. The molecule has 1 aromatic carbocycles. The van der Waals surface area contributed by atoms with Gasteiger partial charge in [-0.15, -0.1) is 0 Å². The summed E-state index contributed by atoms with van der Waals surface area (Å²) in [5.74, 6) is -0.211. The normalized spacial score (nSPS) is 16.6. The number of amides is 1. The van der Waals surface area contributed by atoms with Gasteiger partial charge in [0.25, 0.3) is 0 Å². The van der Waals surface area contributed by atoms with Crippen molar-refractivity contribution in [2.75, 3.05) is 13.1 Å². The van der Waals surface area contributed by atoms with Crippen LogP contribution in [0.3, 0.4) is 0 Å². The van der Waals surface area contributed by atoms with E-state index in [-0.39, 0.29) is 11.3 Å². The molecule has 0 radical (unpaired) electrons. The molecule has 22 heavy (non-hydrogen) atoms. The molecule has 1 heterocycles. The van der Waals surface area contributed by atoms with Crippen molar-refractivity contribution in [2.45, 2.75) is 40.0 Å². The monoisotopic (exact) mass is 303 g/mol. The van der Waals surface area contributed by atoms with Gasteiger partial charge in [0, 0.05) is 18.5 Å². The maximum absolute atomic E-state index is 12.3. The van der Waals surface area contributed by atoms with Crippen LogP contribution in [-0.4, -0.2) is 35.0 Å². The Morgan fingerprint density at radius 3 is 2.32 bits per heavy atom. The van der Waals surface area contributed by atoms with Gasteiger partial charge >= 0.3 is 5.97 Å². The number of benzene rings is 1. The van der Waals surface area contributed by atoms with E-state index in [0.717, 1.165) is 37.9 Å². The van der Waals surface area contributed by atoms with Crippen LogP contribution in [0.15, 0.2) is 24.3 Å². The molecule has 0 unspecified atom stereocenters. The lowest BCUT2D eigenvalue weighted by atomic mass is 9.87. The van der Waals surface area contributed by atoms with E-state index in [0.29, 0.717) is 11.5 Å². The molecule has 0 aliphatic carbocycles. The van der Waals surface area contributed by atoms with Gasteiger partial charge in [-0.2, -0.15) is 0 Å². The molecule has 0 saturated carbocycles. The number of rotatable bonds is 3. The van der Waals surface area contributed by atoms with Gasteiger partial charge in [-0.1, -0.05) is 39.0 Å². The minimum absolute atomic E-state index is 0.205. The summed E-state index contributed by atoms with van der Waals surface area (Å²) in [5, 5.41) is 9.25. The lowest BCUT2D eigenvalue weighted by Crippen LogP contribution is -2.44. The number of carbonyl (C=O) groups excluding carboxylic acids is 1. The average Bonchev–Trinajstić information content (AvgIpc) is 2.46. The minimum atomic E-state index is -0.865. The second-order valence-electron chi connectivity index (χ2n) is 7.15. The summed E-state index contributed by atoms with van der Waals surface area (Å²) in [6, 6.07) is 7.21. The van der Waals surface area contributed by atoms with Crippen LogP contribution in [0, 0.1) is 11.3 Å². The van der Waals surface area contributed by atoms with Gasteiger partial charge in [0.2, 0.25) is 5.91 Å². The maximum atomic E-state index is 12.3. The number of piperidine rings is 1. The van der Waals surface area contributed by atoms with E-state index in [9.17, 15) is 14.7 Å². The highest BCUT2D eigenvalue weighted by molar-refractivity contribution is 5.89. The Morgan fingerprint density at radius 2 is 1.77 bits per heavy atom. The minimum Gasteiger partial charge on any atom is -0.478 e. The van der Waals surface area contributed by atoms with Gasteiger partial charge in [-0.25, -0.2) is 4.79 Å². The van der Waals surface area contributed by atoms with Crippen LogP contribution < -0.4 is 0 Å². The van der Waals surface area contributed by atoms with Gasteiger partial charge in [-0.05, 0) is 36.8 Å². The molecular formula is C18H25NO3. The fourth-order valence-corrected chi connectivity index (χ4v) is 3.03. The van der Waals surface area contributed by atoms with Crippen LogP contribution in [0.4, 0.5) is 0 Å². The van der Waals surface area contributed by atoms with Gasteiger partial charge < -0.3 is 10.0 Å². The molecule has 1 aliphatic heterocycles. The van der Waals surface area contributed by atoms with Crippen molar-refractivity contribution in [1.29, 1.82) is 0 Å².